The number of rotatable bonds is 9. The Morgan fingerprint density at radius 1 is 1.24 bits per heavy atom. The van der Waals surface area contributed by atoms with Crippen LogP contribution in [0, 0.1) is 19.8 Å². The standard InChI is InChI=1S/C17H27NO3/c1-13(2)11-20-9-5-8-18-17(19)12-21-16-7-6-14(3)15(4)10-16/h6-7,10,13H,5,8-9,11-12H2,1-4H3,(H,18,19). The van der Waals surface area contributed by atoms with Crippen molar-refractivity contribution in [3.05, 3.63) is 29.3 Å². The van der Waals surface area contributed by atoms with Gasteiger partial charge in [0.1, 0.15) is 5.75 Å². The molecular weight excluding hydrogens is 266 g/mol. The highest BCUT2D eigenvalue weighted by molar-refractivity contribution is 5.77. The lowest BCUT2D eigenvalue weighted by molar-refractivity contribution is -0.123. The largest absolute Gasteiger partial charge is 0.484 e. The summed E-state index contributed by atoms with van der Waals surface area (Å²) >= 11 is 0. The summed E-state index contributed by atoms with van der Waals surface area (Å²) in [5, 5.41) is 2.82. The first-order valence-corrected chi connectivity index (χ1v) is 7.53. The molecule has 0 fully saturated rings. The highest BCUT2D eigenvalue weighted by Crippen LogP contribution is 2.16. The molecule has 1 aromatic rings. The van der Waals surface area contributed by atoms with Gasteiger partial charge in [0, 0.05) is 19.8 Å². The lowest BCUT2D eigenvalue weighted by Gasteiger charge is -2.09. The molecule has 0 unspecified atom stereocenters. The molecule has 21 heavy (non-hydrogen) atoms. The highest BCUT2D eigenvalue weighted by Gasteiger charge is 2.03. The summed E-state index contributed by atoms with van der Waals surface area (Å²) in [6.45, 7) is 10.4. The van der Waals surface area contributed by atoms with E-state index in [1.807, 2.05) is 32.0 Å². The predicted octanol–water partition coefficient (Wildman–Crippen LogP) is 2.86. The van der Waals surface area contributed by atoms with Gasteiger partial charge in [-0.05, 0) is 49.4 Å². The van der Waals surface area contributed by atoms with Crippen LogP contribution in [0.4, 0.5) is 0 Å². The summed E-state index contributed by atoms with van der Waals surface area (Å²) in [6.07, 6.45) is 0.822. The molecule has 4 heteroatoms. The van der Waals surface area contributed by atoms with Crippen molar-refractivity contribution in [2.24, 2.45) is 5.92 Å². The Morgan fingerprint density at radius 3 is 2.67 bits per heavy atom. The van der Waals surface area contributed by atoms with Crippen LogP contribution in [-0.4, -0.2) is 32.3 Å². The van der Waals surface area contributed by atoms with Gasteiger partial charge in [-0.3, -0.25) is 4.79 Å². The zero-order valence-corrected chi connectivity index (χ0v) is 13.6. The van der Waals surface area contributed by atoms with E-state index in [4.69, 9.17) is 9.47 Å². The fourth-order valence-electron chi connectivity index (χ4n) is 1.72. The number of aryl methyl sites for hydroxylation is 2. The first kappa shape index (κ1) is 17.5. The third kappa shape index (κ3) is 7.71. The second-order valence-corrected chi connectivity index (χ2v) is 5.71. The van der Waals surface area contributed by atoms with Gasteiger partial charge < -0.3 is 14.8 Å². The Balaban J connectivity index is 2.12. The monoisotopic (exact) mass is 293 g/mol. The Labute approximate surface area is 127 Å². The number of amides is 1. The maximum Gasteiger partial charge on any atom is 0.257 e. The first-order chi connectivity index (χ1) is 9.99. The Bertz CT molecular complexity index is 444. The minimum absolute atomic E-state index is 0.0509. The average molecular weight is 293 g/mol. The summed E-state index contributed by atoms with van der Waals surface area (Å²) < 4.78 is 10.9. The summed E-state index contributed by atoms with van der Waals surface area (Å²) in [6, 6.07) is 5.83. The minimum atomic E-state index is -0.0999. The first-order valence-electron chi connectivity index (χ1n) is 7.53. The van der Waals surface area contributed by atoms with Crippen LogP contribution in [-0.2, 0) is 9.53 Å². The average Bonchev–Trinajstić information content (AvgIpc) is 2.43. The molecule has 1 rings (SSSR count). The molecule has 0 atom stereocenters. The lowest BCUT2D eigenvalue weighted by atomic mass is 10.1. The zero-order valence-electron chi connectivity index (χ0n) is 13.6. The van der Waals surface area contributed by atoms with E-state index < -0.39 is 0 Å². The van der Waals surface area contributed by atoms with E-state index in [0.29, 0.717) is 19.1 Å². The summed E-state index contributed by atoms with van der Waals surface area (Å²) in [5.74, 6) is 1.18. The molecule has 0 aliphatic rings. The topological polar surface area (TPSA) is 47.6 Å². The van der Waals surface area contributed by atoms with Crippen molar-refractivity contribution in [3.63, 3.8) is 0 Å². The van der Waals surface area contributed by atoms with Gasteiger partial charge in [-0.15, -0.1) is 0 Å². The Kier molecular flexibility index (Phi) is 7.83. The zero-order chi connectivity index (χ0) is 15.7. The summed E-state index contributed by atoms with van der Waals surface area (Å²) in [4.78, 5) is 11.6. The van der Waals surface area contributed by atoms with Crippen molar-refractivity contribution < 1.29 is 14.3 Å². The van der Waals surface area contributed by atoms with Crippen LogP contribution in [0.5, 0.6) is 5.75 Å². The van der Waals surface area contributed by atoms with Gasteiger partial charge in [-0.25, -0.2) is 0 Å². The summed E-state index contributed by atoms with van der Waals surface area (Å²) in [5.41, 5.74) is 2.38. The second-order valence-electron chi connectivity index (χ2n) is 5.71. The maximum absolute atomic E-state index is 11.6. The van der Waals surface area contributed by atoms with Gasteiger partial charge in [0.05, 0.1) is 0 Å². The van der Waals surface area contributed by atoms with E-state index >= 15 is 0 Å². The van der Waals surface area contributed by atoms with Crippen molar-refractivity contribution in [1.82, 2.24) is 5.32 Å². The van der Waals surface area contributed by atoms with Crippen LogP contribution in [0.15, 0.2) is 18.2 Å². The van der Waals surface area contributed by atoms with Crippen LogP contribution in [0.25, 0.3) is 0 Å². The van der Waals surface area contributed by atoms with Crippen molar-refractivity contribution >= 4 is 5.91 Å². The molecule has 0 aliphatic heterocycles. The molecule has 118 valence electrons. The molecule has 1 amide bonds. The molecule has 1 aromatic carbocycles. The van der Waals surface area contributed by atoms with Crippen LogP contribution < -0.4 is 10.1 Å². The molecule has 0 spiro atoms. The molecule has 0 bridgehead atoms. The van der Waals surface area contributed by atoms with Crippen LogP contribution in [0.3, 0.4) is 0 Å². The van der Waals surface area contributed by atoms with E-state index in [1.54, 1.807) is 0 Å². The Morgan fingerprint density at radius 2 is 2.00 bits per heavy atom. The number of hydrogen-bond donors (Lipinski definition) is 1. The minimum Gasteiger partial charge on any atom is -0.484 e. The molecule has 0 aliphatic carbocycles. The molecule has 0 aromatic heterocycles. The van der Waals surface area contributed by atoms with Gasteiger partial charge in [0.25, 0.3) is 5.91 Å². The molecule has 0 heterocycles. The van der Waals surface area contributed by atoms with Gasteiger partial charge in [0.15, 0.2) is 6.61 Å². The number of carbonyl (C=O) groups is 1. The van der Waals surface area contributed by atoms with Crippen LogP contribution in [0.1, 0.15) is 31.4 Å². The maximum atomic E-state index is 11.6. The third-order valence-electron chi connectivity index (χ3n) is 3.09. The summed E-state index contributed by atoms with van der Waals surface area (Å²) in [7, 11) is 0. The van der Waals surface area contributed by atoms with E-state index in [0.717, 1.165) is 24.3 Å². The van der Waals surface area contributed by atoms with Gasteiger partial charge in [-0.1, -0.05) is 19.9 Å². The van der Waals surface area contributed by atoms with Crippen molar-refractivity contribution in [3.8, 4) is 5.75 Å². The fraction of sp³-hybridized carbons (Fsp3) is 0.588. The van der Waals surface area contributed by atoms with Crippen molar-refractivity contribution in [2.45, 2.75) is 34.1 Å². The van der Waals surface area contributed by atoms with Crippen molar-refractivity contribution in [2.75, 3.05) is 26.4 Å². The van der Waals surface area contributed by atoms with E-state index in [-0.39, 0.29) is 12.5 Å². The van der Waals surface area contributed by atoms with Crippen molar-refractivity contribution in [1.29, 1.82) is 0 Å². The molecule has 0 radical (unpaired) electrons. The van der Waals surface area contributed by atoms with E-state index in [9.17, 15) is 4.79 Å². The Hall–Kier alpha value is -1.55. The van der Waals surface area contributed by atoms with Gasteiger partial charge in [0.2, 0.25) is 0 Å². The van der Waals surface area contributed by atoms with Crippen LogP contribution in [0.2, 0.25) is 0 Å². The number of ether oxygens (including phenoxy) is 2. The van der Waals surface area contributed by atoms with E-state index in [1.165, 1.54) is 5.56 Å². The number of hydrogen-bond acceptors (Lipinski definition) is 3. The molecular formula is C17H27NO3. The number of nitrogens with one attached hydrogen (secondary N) is 1. The molecule has 0 saturated heterocycles. The third-order valence-corrected chi connectivity index (χ3v) is 3.09. The molecule has 1 N–H and O–H groups in total. The highest BCUT2D eigenvalue weighted by atomic mass is 16.5. The van der Waals surface area contributed by atoms with Gasteiger partial charge in [-0.2, -0.15) is 0 Å². The number of carbonyl (C=O) groups excluding carboxylic acids is 1. The predicted molar refractivity (Wildman–Crippen MR) is 84.7 cm³/mol. The molecule has 0 saturated carbocycles. The normalized spacial score (nSPS) is 10.7. The molecule has 4 nitrogen and oxygen atoms in total. The fourth-order valence-corrected chi connectivity index (χ4v) is 1.72. The van der Waals surface area contributed by atoms with Gasteiger partial charge >= 0.3 is 0 Å². The second kappa shape index (κ2) is 9.40. The number of benzene rings is 1. The SMILES string of the molecule is Cc1ccc(OCC(=O)NCCCOCC(C)C)cc1C. The van der Waals surface area contributed by atoms with Crippen LogP contribution >= 0.6 is 0 Å². The van der Waals surface area contributed by atoms with E-state index in [2.05, 4.69) is 19.2 Å². The quantitative estimate of drug-likeness (QED) is 0.712. The smallest absolute Gasteiger partial charge is 0.257 e. The lowest BCUT2D eigenvalue weighted by Crippen LogP contribution is -2.30.